The van der Waals surface area contributed by atoms with Crippen molar-refractivity contribution >= 4 is 23.0 Å². The Morgan fingerprint density at radius 3 is 2.88 bits per heavy atom. The molecular formula is C19H20N4O2. The number of likely N-dealkylation sites (tertiary alicyclic amines) is 1. The molecule has 2 aromatic heterocycles. The molecule has 3 aromatic rings. The quantitative estimate of drug-likeness (QED) is 0.687. The zero-order chi connectivity index (χ0) is 17.1. The molecule has 0 radical (unpaired) electrons. The van der Waals surface area contributed by atoms with E-state index in [-0.39, 0.29) is 5.91 Å². The normalized spacial score (nSPS) is 16.1. The van der Waals surface area contributed by atoms with E-state index in [0.717, 1.165) is 43.4 Å². The largest absolute Gasteiger partial charge is 0.457 e. The number of rotatable bonds is 4. The molecule has 0 unspecified atom stereocenters. The van der Waals surface area contributed by atoms with Gasteiger partial charge in [0.1, 0.15) is 11.3 Å². The third kappa shape index (κ3) is 3.63. The van der Waals surface area contributed by atoms with Gasteiger partial charge in [-0.3, -0.25) is 9.48 Å². The van der Waals surface area contributed by atoms with E-state index < -0.39 is 0 Å². The second kappa shape index (κ2) is 6.93. The Kier molecular flexibility index (Phi) is 4.33. The fraction of sp³-hybridized carbons (Fsp3) is 0.316. The van der Waals surface area contributed by atoms with Gasteiger partial charge in [-0.1, -0.05) is 23.4 Å². The monoisotopic (exact) mass is 336 g/mol. The van der Waals surface area contributed by atoms with Gasteiger partial charge < -0.3 is 9.32 Å². The number of para-hydroxylation sites is 1. The van der Waals surface area contributed by atoms with Crippen LogP contribution >= 0.6 is 0 Å². The number of amides is 1. The van der Waals surface area contributed by atoms with Gasteiger partial charge in [-0.25, -0.2) is 0 Å². The molecule has 1 aliphatic rings. The lowest BCUT2D eigenvalue weighted by Gasteiger charge is -2.31. The third-order valence-electron chi connectivity index (χ3n) is 4.68. The number of hydrogen-bond donors (Lipinski definition) is 0. The van der Waals surface area contributed by atoms with E-state index in [2.05, 4.69) is 10.3 Å². The molecule has 0 spiro atoms. The number of carbonyl (C=O) groups excluding carboxylic acids is 1. The molecule has 1 aliphatic heterocycles. The molecule has 1 fully saturated rings. The molecule has 3 heterocycles. The Hall–Kier alpha value is -2.89. The summed E-state index contributed by atoms with van der Waals surface area (Å²) in [4.78, 5) is 14.3. The van der Waals surface area contributed by atoms with Crippen LogP contribution < -0.4 is 0 Å². The first-order valence-electron chi connectivity index (χ1n) is 8.57. The minimum Gasteiger partial charge on any atom is -0.457 e. The molecule has 0 saturated carbocycles. The first-order valence-corrected chi connectivity index (χ1v) is 8.57. The summed E-state index contributed by atoms with van der Waals surface area (Å²) < 4.78 is 7.57. The number of fused-ring (bicyclic) bond motifs is 1. The molecule has 0 atom stereocenters. The molecule has 1 saturated heterocycles. The predicted octanol–water partition coefficient (Wildman–Crippen LogP) is 2.98. The maximum Gasteiger partial charge on any atom is 0.246 e. The van der Waals surface area contributed by atoms with E-state index in [4.69, 9.17) is 4.42 Å². The van der Waals surface area contributed by atoms with Gasteiger partial charge in [0.25, 0.3) is 0 Å². The van der Waals surface area contributed by atoms with Gasteiger partial charge in [0, 0.05) is 37.3 Å². The fourth-order valence-electron chi connectivity index (χ4n) is 3.27. The van der Waals surface area contributed by atoms with E-state index in [0.29, 0.717) is 11.7 Å². The van der Waals surface area contributed by atoms with Crippen molar-refractivity contribution < 1.29 is 9.21 Å². The second-order valence-corrected chi connectivity index (χ2v) is 6.41. The van der Waals surface area contributed by atoms with Crippen molar-refractivity contribution in [1.82, 2.24) is 19.9 Å². The van der Waals surface area contributed by atoms with Crippen LogP contribution in [0.3, 0.4) is 0 Å². The first-order chi connectivity index (χ1) is 12.3. The minimum atomic E-state index is 0.0414. The van der Waals surface area contributed by atoms with Crippen LogP contribution in [-0.2, 0) is 11.3 Å². The summed E-state index contributed by atoms with van der Waals surface area (Å²) in [5.41, 5.74) is 0.837. The second-order valence-electron chi connectivity index (χ2n) is 6.41. The van der Waals surface area contributed by atoms with Gasteiger partial charge in [-0.15, -0.1) is 5.10 Å². The Bertz CT molecular complexity index is 841. The summed E-state index contributed by atoms with van der Waals surface area (Å²) >= 11 is 0. The van der Waals surface area contributed by atoms with E-state index in [1.54, 1.807) is 18.3 Å². The summed E-state index contributed by atoms with van der Waals surface area (Å²) in [6.07, 6.45) is 8.92. The van der Waals surface area contributed by atoms with E-state index >= 15 is 0 Å². The van der Waals surface area contributed by atoms with Crippen LogP contribution in [0.25, 0.3) is 17.0 Å². The number of aromatic nitrogens is 3. The van der Waals surface area contributed by atoms with Gasteiger partial charge in [0.2, 0.25) is 5.91 Å². The van der Waals surface area contributed by atoms with Crippen molar-refractivity contribution in [2.45, 2.75) is 19.4 Å². The van der Waals surface area contributed by atoms with E-state index in [1.807, 2.05) is 46.1 Å². The van der Waals surface area contributed by atoms with Crippen LogP contribution in [0.15, 0.2) is 53.2 Å². The Morgan fingerprint density at radius 2 is 2.12 bits per heavy atom. The molecule has 4 rings (SSSR count). The predicted molar refractivity (Wildman–Crippen MR) is 94.6 cm³/mol. The zero-order valence-electron chi connectivity index (χ0n) is 13.9. The fourth-order valence-corrected chi connectivity index (χ4v) is 3.27. The highest BCUT2D eigenvalue weighted by Crippen LogP contribution is 2.21. The highest BCUT2D eigenvalue weighted by atomic mass is 16.3. The maximum absolute atomic E-state index is 12.4. The molecule has 0 aliphatic carbocycles. The molecule has 0 N–H and O–H groups in total. The third-order valence-corrected chi connectivity index (χ3v) is 4.68. The maximum atomic E-state index is 12.4. The van der Waals surface area contributed by atoms with Crippen LogP contribution in [0, 0.1) is 5.92 Å². The summed E-state index contributed by atoms with van der Waals surface area (Å²) in [7, 11) is 0. The SMILES string of the molecule is O=C(/C=C/c1cc2ccccc2o1)N1CCC(Cn2ccnn2)CC1. The molecular weight excluding hydrogens is 316 g/mol. The number of hydrogen-bond acceptors (Lipinski definition) is 4. The van der Waals surface area contributed by atoms with Gasteiger partial charge in [0.15, 0.2) is 0 Å². The molecule has 6 nitrogen and oxygen atoms in total. The summed E-state index contributed by atoms with van der Waals surface area (Å²) in [6, 6.07) is 9.78. The Balaban J connectivity index is 1.32. The summed E-state index contributed by atoms with van der Waals surface area (Å²) in [5, 5.41) is 8.88. The molecule has 1 amide bonds. The Labute approximate surface area is 145 Å². The van der Waals surface area contributed by atoms with Crippen molar-refractivity contribution in [2.75, 3.05) is 13.1 Å². The number of furan rings is 1. The lowest BCUT2D eigenvalue weighted by molar-refractivity contribution is -0.127. The average Bonchev–Trinajstić information content (AvgIpc) is 3.29. The minimum absolute atomic E-state index is 0.0414. The number of piperidine rings is 1. The average molecular weight is 336 g/mol. The number of benzene rings is 1. The van der Waals surface area contributed by atoms with E-state index in [1.165, 1.54) is 0 Å². The lowest BCUT2D eigenvalue weighted by Crippen LogP contribution is -2.38. The van der Waals surface area contributed by atoms with Crippen molar-refractivity contribution in [3.63, 3.8) is 0 Å². The van der Waals surface area contributed by atoms with Crippen molar-refractivity contribution in [1.29, 1.82) is 0 Å². The van der Waals surface area contributed by atoms with Crippen LogP contribution in [0.1, 0.15) is 18.6 Å². The number of nitrogens with zero attached hydrogens (tertiary/aromatic N) is 4. The van der Waals surface area contributed by atoms with E-state index in [9.17, 15) is 4.79 Å². The molecule has 0 bridgehead atoms. The molecule has 128 valence electrons. The highest BCUT2D eigenvalue weighted by Gasteiger charge is 2.22. The number of carbonyl (C=O) groups is 1. The highest BCUT2D eigenvalue weighted by molar-refractivity contribution is 5.92. The Morgan fingerprint density at radius 1 is 1.28 bits per heavy atom. The first kappa shape index (κ1) is 15.6. The zero-order valence-corrected chi connectivity index (χ0v) is 13.9. The van der Waals surface area contributed by atoms with Crippen molar-refractivity contribution in [2.24, 2.45) is 5.92 Å². The van der Waals surface area contributed by atoms with Crippen LogP contribution in [-0.4, -0.2) is 38.9 Å². The van der Waals surface area contributed by atoms with Gasteiger partial charge in [-0.05, 0) is 37.0 Å². The van der Waals surface area contributed by atoms with Crippen LogP contribution in [0.5, 0.6) is 0 Å². The molecule has 6 heteroatoms. The van der Waals surface area contributed by atoms with Crippen molar-refractivity contribution in [3.8, 4) is 0 Å². The summed E-state index contributed by atoms with van der Waals surface area (Å²) in [6.45, 7) is 2.43. The van der Waals surface area contributed by atoms with Crippen LogP contribution in [0.2, 0.25) is 0 Å². The molecule has 1 aromatic carbocycles. The van der Waals surface area contributed by atoms with Crippen molar-refractivity contribution in [3.05, 3.63) is 54.6 Å². The lowest BCUT2D eigenvalue weighted by atomic mass is 9.97. The van der Waals surface area contributed by atoms with Crippen LogP contribution in [0.4, 0.5) is 0 Å². The van der Waals surface area contributed by atoms with Gasteiger partial charge in [0.05, 0.1) is 6.20 Å². The summed E-state index contributed by atoms with van der Waals surface area (Å²) in [5.74, 6) is 1.29. The standard InChI is InChI=1S/C19H20N4O2/c24-19(6-5-17-13-16-3-1-2-4-18(16)25-17)22-10-7-15(8-11-22)14-23-12-9-20-21-23/h1-6,9,12-13,15H,7-8,10-11,14H2/b6-5+. The topological polar surface area (TPSA) is 64.2 Å². The van der Waals surface area contributed by atoms with Gasteiger partial charge >= 0.3 is 0 Å². The smallest absolute Gasteiger partial charge is 0.246 e. The van der Waals surface area contributed by atoms with Gasteiger partial charge in [-0.2, -0.15) is 0 Å². The molecule has 25 heavy (non-hydrogen) atoms.